The molecule has 1 aromatic heterocycles. The molecule has 118 valence electrons. The maximum atomic E-state index is 9.29. The van der Waals surface area contributed by atoms with Crippen LogP contribution in [0.15, 0.2) is 18.3 Å². The molecule has 0 bridgehead atoms. The molecule has 5 heteroatoms. The fraction of sp³-hybridized carbons (Fsp3) is 0.688. The number of hydrogen-bond acceptors (Lipinski definition) is 5. The third kappa shape index (κ3) is 4.40. The lowest BCUT2D eigenvalue weighted by Crippen LogP contribution is -2.48. The van der Waals surface area contributed by atoms with Crippen molar-refractivity contribution in [1.29, 1.82) is 0 Å². The summed E-state index contributed by atoms with van der Waals surface area (Å²) in [6.45, 7) is 8.92. The molecule has 1 saturated heterocycles. The second-order valence-corrected chi connectivity index (χ2v) is 5.78. The van der Waals surface area contributed by atoms with Gasteiger partial charge in [0.1, 0.15) is 5.82 Å². The van der Waals surface area contributed by atoms with Crippen LogP contribution in [0.1, 0.15) is 38.8 Å². The monoisotopic (exact) mass is 293 g/mol. The summed E-state index contributed by atoms with van der Waals surface area (Å²) in [6, 6.07) is 4.51. The van der Waals surface area contributed by atoms with Crippen molar-refractivity contribution in [3.05, 3.63) is 23.9 Å². The molecule has 1 aliphatic rings. The van der Waals surface area contributed by atoms with Crippen LogP contribution in [0.25, 0.3) is 0 Å². The largest absolute Gasteiger partial charge is 0.394 e. The van der Waals surface area contributed by atoms with Crippen LogP contribution in [0.5, 0.6) is 0 Å². The molecule has 0 radical (unpaired) electrons. The fourth-order valence-corrected chi connectivity index (χ4v) is 2.65. The number of rotatable bonds is 6. The maximum absolute atomic E-state index is 9.29. The van der Waals surface area contributed by atoms with Crippen LogP contribution < -0.4 is 10.2 Å². The summed E-state index contributed by atoms with van der Waals surface area (Å²) in [5, 5.41) is 12.8. The predicted octanol–water partition coefficient (Wildman–Crippen LogP) is 1.73. The highest BCUT2D eigenvalue weighted by Crippen LogP contribution is 2.20. The smallest absolute Gasteiger partial charge is 0.128 e. The van der Waals surface area contributed by atoms with Crippen molar-refractivity contribution >= 4 is 5.82 Å². The molecule has 2 N–H and O–H groups in total. The number of ether oxygens (including phenoxy) is 1. The predicted molar refractivity (Wildman–Crippen MR) is 84.6 cm³/mol. The van der Waals surface area contributed by atoms with Crippen LogP contribution >= 0.6 is 0 Å². The van der Waals surface area contributed by atoms with E-state index in [0.717, 1.165) is 25.3 Å². The van der Waals surface area contributed by atoms with Crippen LogP contribution in [0, 0.1) is 0 Å². The lowest BCUT2D eigenvalue weighted by Gasteiger charge is -2.36. The van der Waals surface area contributed by atoms with Gasteiger partial charge in [-0.05, 0) is 38.4 Å². The van der Waals surface area contributed by atoms with Gasteiger partial charge in [0.05, 0.1) is 18.8 Å². The van der Waals surface area contributed by atoms with E-state index in [9.17, 15) is 5.11 Å². The van der Waals surface area contributed by atoms with Crippen LogP contribution in [-0.4, -0.2) is 48.5 Å². The minimum atomic E-state index is -0.125. The van der Waals surface area contributed by atoms with E-state index >= 15 is 0 Å². The van der Waals surface area contributed by atoms with Crippen molar-refractivity contribution in [2.45, 2.75) is 45.4 Å². The van der Waals surface area contributed by atoms with Crippen LogP contribution in [0.2, 0.25) is 0 Å². The summed E-state index contributed by atoms with van der Waals surface area (Å²) in [4.78, 5) is 6.77. The fourth-order valence-electron chi connectivity index (χ4n) is 2.65. The van der Waals surface area contributed by atoms with Gasteiger partial charge in [0.15, 0.2) is 0 Å². The summed E-state index contributed by atoms with van der Waals surface area (Å²) in [6.07, 6.45) is 3.06. The minimum absolute atomic E-state index is 0.0525. The Bertz CT molecular complexity index is 424. The summed E-state index contributed by atoms with van der Waals surface area (Å²) < 4.78 is 5.66. The van der Waals surface area contributed by atoms with Gasteiger partial charge >= 0.3 is 0 Å². The van der Waals surface area contributed by atoms with E-state index in [4.69, 9.17) is 4.74 Å². The Morgan fingerprint density at radius 1 is 1.48 bits per heavy atom. The van der Waals surface area contributed by atoms with Gasteiger partial charge in [0.2, 0.25) is 0 Å². The highest BCUT2D eigenvalue weighted by atomic mass is 16.5. The number of anilines is 1. The van der Waals surface area contributed by atoms with Crippen LogP contribution in [-0.2, 0) is 4.74 Å². The van der Waals surface area contributed by atoms with Crippen LogP contribution in [0.3, 0.4) is 0 Å². The average Bonchev–Trinajstić information content (AvgIpc) is 2.52. The molecule has 0 spiro atoms. The minimum Gasteiger partial charge on any atom is -0.394 e. The molecule has 3 atom stereocenters. The van der Waals surface area contributed by atoms with Gasteiger partial charge in [-0.2, -0.15) is 0 Å². The molecule has 5 nitrogen and oxygen atoms in total. The summed E-state index contributed by atoms with van der Waals surface area (Å²) >= 11 is 0. The van der Waals surface area contributed by atoms with Crippen molar-refractivity contribution in [2.24, 2.45) is 0 Å². The summed E-state index contributed by atoms with van der Waals surface area (Å²) in [5.41, 5.74) is 1.20. The van der Waals surface area contributed by atoms with Crippen LogP contribution in [0.4, 0.5) is 5.82 Å². The van der Waals surface area contributed by atoms with E-state index in [1.807, 2.05) is 13.1 Å². The van der Waals surface area contributed by atoms with E-state index in [1.54, 1.807) is 0 Å². The van der Waals surface area contributed by atoms with Gasteiger partial charge in [-0.1, -0.05) is 13.0 Å². The van der Waals surface area contributed by atoms with Gasteiger partial charge in [-0.3, -0.25) is 0 Å². The molecule has 1 aromatic rings. The van der Waals surface area contributed by atoms with Gasteiger partial charge in [0.25, 0.3) is 0 Å². The number of aliphatic hydroxyl groups is 1. The standard InChI is InChI=1S/C16H27N3O2/c1-4-7-17-13(3)14-5-6-16(18-8-14)19-9-12(2)21-15(10-19)11-20/h5-6,8,12-13,15,17,20H,4,7,9-11H2,1-3H3. The Morgan fingerprint density at radius 3 is 2.90 bits per heavy atom. The zero-order chi connectivity index (χ0) is 15.2. The van der Waals surface area contributed by atoms with Gasteiger partial charge in [-0.15, -0.1) is 0 Å². The quantitative estimate of drug-likeness (QED) is 0.836. The maximum Gasteiger partial charge on any atom is 0.128 e. The molecule has 2 heterocycles. The summed E-state index contributed by atoms with van der Waals surface area (Å²) in [5.74, 6) is 0.954. The third-order valence-electron chi connectivity index (χ3n) is 3.83. The zero-order valence-corrected chi connectivity index (χ0v) is 13.2. The zero-order valence-electron chi connectivity index (χ0n) is 13.2. The lowest BCUT2D eigenvalue weighted by molar-refractivity contribution is -0.0423. The lowest BCUT2D eigenvalue weighted by atomic mass is 10.1. The Hall–Kier alpha value is -1.17. The van der Waals surface area contributed by atoms with Gasteiger partial charge in [0, 0.05) is 25.3 Å². The Morgan fingerprint density at radius 2 is 2.29 bits per heavy atom. The Kier molecular flexibility index (Phi) is 5.96. The van der Waals surface area contributed by atoms with E-state index in [2.05, 4.69) is 41.2 Å². The van der Waals surface area contributed by atoms with Crippen molar-refractivity contribution in [1.82, 2.24) is 10.3 Å². The van der Waals surface area contributed by atoms with E-state index < -0.39 is 0 Å². The van der Waals surface area contributed by atoms with Crippen molar-refractivity contribution < 1.29 is 9.84 Å². The van der Waals surface area contributed by atoms with E-state index in [0.29, 0.717) is 12.6 Å². The molecule has 21 heavy (non-hydrogen) atoms. The second-order valence-electron chi connectivity index (χ2n) is 5.78. The highest BCUT2D eigenvalue weighted by Gasteiger charge is 2.25. The Balaban J connectivity index is 2.01. The number of nitrogens with one attached hydrogen (secondary N) is 1. The molecular weight excluding hydrogens is 266 g/mol. The number of hydrogen-bond donors (Lipinski definition) is 2. The molecule has 1 fully saturated rings. The molecule has 0 aliphatic carbocycles. The molecule has 2 rings (SSSR count). The van der Waals surface area contributed by atoms with Gasteiger partial charge < -0.3 is 20.1 Å². The van der Waals surface area contributed by atoms with Gasteiger partial charge in [-0.25, -0.2) is 4.98 Å². The van der Waals surface area contributed by atoms with E-state index in [1.165, 1.54) is 5.56 Å². The molecule has 3 unspecified atom stereocenters. The van der Waals surface area contributed by atoms with Crippen molar-refractivity contribution in [3.63, 3.8) is 0 Å². The average molecular weight is 293 g/mol. The molecule has 0 aromatic carbocycles. The first-order chi connectivity index (χ1) is 10.1. The normalized spacial score (nSPS) is 24.1. The molecule has 1 aliphatic heterocycles. The number of aliphatic hydroxyl groups excluding tert-OH is 1. The second kappa shape index (κ2) is 7.73. The first-order valence-corrected chi connectivity index (χ1v) is 7.84. The molecule has 0 amide bonds. The molecular formula is C16H27N3O2. The number of pyridine rings is 1. The SMILES string of the molecule is CCCNC(C)c1ccc(N2CC(C)OC(CO)C2)nc1. The first-order valence-electron chi connectivity index (χ1n) is 7.84. The number of aromatic nitrogens is 1. The number of nitrogens with zero attached hydrogens (tertiary/aromatic N) is 2. The summed E-state index contributed by atoms with van der Waals surface area (Å²) in [7, 11) is 0. The topological polar surface area (TPSA) is 57.6 Å². The van der Waals surface area contributed by atoms with E-state index in [-0.39, 0.29) is 18.8 Å². The number of morpholine rings is 1. The van der Waals surface area contributed by atoms with Crippen molar-refractivity contribution in [3.8, 4) is 0 Å². The Labute approximate surface area is 127 Å². The highest BCUT2D eigenvalue weighted by molar-refractivity contribution is 5.40. The first kappa shape index (κ1) is 16.2. The van der Waals surface area contributed by atoms with Crippen molar-refractivity contribution in [2.75, 3.05) is 31.1 Å². The third-order valence-corrected chi connectivity index (χ3v) is 3.83. The molecule has 0 saturated carbocycles.